The molecule has 0 aliphatic carbocycles. The highest BCUT2D eigenvalue weighted by Crippen LogP contribution is 2.19. The standard InChI is InChI=1S/C17H22N2O6S/c1-3-11-18(12-4-2)26(23,24)14-7-5-13(6-8-14)17(22)25-19-15(20)9-10-16(19)21/h5-8H,3-4,9-12H2,1-2H3. The van der Waals surface area contributed by atoms with Crippen LogP contribution in [0, 0.1) is 0 Å². The van der Waals surface area contributed by atoms with E-state index in [1.807, 2.05) is 13.8 Å². The third-order valence-corrected chi connectivity index (χ3v) is 5.77. The van der Waals surface area contributed by atoms with Crippen LogP contribution in [-0.2, 0) is 24.4 Å². The molecule has 0 bridgehead atoms. The van der Waals surface area contributed by atoms with Gasteiger partial charge in [0.2, 0.25) is 10.0 Å². The van der Waals surface area contributed by atoms with Gasteiger partial charge < -0.3 is 4.84 Å². The highest BCUT2D eigenvalue weighted by atomic mass is 32.2. The molecule has 1 aromatic carbocycles. The number of hydrogen-bond donors (Lipinski definition) is 0. The lowest BCUT2D eigenvalue weighted by Gasteiger charge is -2.21. The van der Waals surface area contributed by atoms with Crippen molar-refractivity contribution >= 4 is 27.8 Å². The van der Waals surface area contributed by atoms with Crippen molar-refractivity contribution in [2.24, 2.45) is 0 Å². The Balaban J connectivity index is 2.15. The second kappa shape index (κ2) is 8.41. The number of hydroxylamine groups is 2. The van der Waals surface area contributed by atoms with E-state index in [-0.39, 0.29) is 23.3 Å². The SMILES string of the molecule is CCCN(CCC)S(=O)(=O)c1ccc(C(=O)ON2C(=O)CCC2=O)cc1. The minimum Gasteiger partial charge on any atom is -0.325 e. The number of carbonyl (C=O) groups is 3. The summed E-state index contributed by atoms with van der Waals surface area (Å²) in [5, 5.41) is 0.456. The van der Waals surface area contributed by atoms with Crippen molar-refractivity contribution in [3.63, 3.8) is 0 Å². The Hall–Kier alpha value is -2.26. The van der Waals surface area contributed by atoms with E-state index in [4.69, 9.17) is 4.84 Å². The molecule has 0 atom stereocenters. The van der Waals surface area contributed by atoms with Crippen molar-refractivity contribution < 1.29 is 27.6 Å². The van der Waals surface area contributed by atoms with Crippen LogP contribution in [0.1, 0.15) is 49.9 Å². The molecule has 2 amide bonds. The highest BCUT2D eigenvalue weighted by Gasteiger charge is 2.33. The summed E-state index contributed by atoms with van der Waals surface area (Å²) in [6, 6.07) is 5.24. The topological polar surface area (TPSA) is 101 Å². The number of imide groups is 1. The molecule has 0 spiro atoms. The minimum atomic E-state index is -3.65. The Morgan fingerprint density at radius 3 is 2.00 bits per heavy atom. The van der Waals surface area contributed by atoms with Gasteiger partial charge in [0.25, 0.3) is 11.8 Å². The first-order valence-electron chi connectivity index (χ1n) is 8.49. The minimum absolute atomic E-state index is 0.00792. The lowest BCUT2D eigenvalue weighted by atomic mass is 10.2. The number of benzene rings is 1. The summed E-state index contributed by atoms with van der Waals surface area (Å²) in [5.41, 5.74) is 0.0500. The summed E-state index contributed by atoms with van der Waals surface area (Å²) in [7, 11) is -3.65. The second-order valence-electron chi connectivity index (χ2n) is 5.89. The maximum absolute atomic E-state index is 12.7. The Morgan fingerprint density at radius 1 is 1.04 bits per heavy atom. The van der Waals surface area contributed by atoms with Crippen molar-refractivity contribution in [3.05, 3.63) is 29.8 Å². The van der Waals surface area contributed by atoms with Crippen LogP contribution in [0.15, 0.2) is 29.2 Å². The van der Waals surface area contributed by atoms with Crippen molar-refractivity contribution in [2.75, 3.05) is 13.1 Å². The molecule has 8 nitrogen and oxygen atoms in total. The zero-order valence-corrected chi connectivity index (χ0v) is 15.6. The molecule has 0 aromatic heterocycles. The van der Waals surface area contributed by atoms with Crippen LogP contribution in [-0.4, -0.2) is 48.7 Å². The molecule has 1 aromatic rings. The first-order chi connectivity index (χ1) is 12.3. The fraction of sp³-hybridized carbons (Fsp3) is 0.471. The van der Waals surface area contributed by atoms with Gasteiger partial charge in [-0.25, -0.2) is 13.2 Å². The van der Waals surface area contributed by atoms with Crippen molar-refractivity contribution in [3.8, 4) is 0 Å². The summed E-state index contributed by atoms with van der Waals surface area (Å²) < 4.78 is 26.7. The molecule has 0 unspecified atom stereocenters. The molecule has 1 fully saturated rings. The van der Waals surface area contributed by atoms with Crippen molar-refractivity contribution in [1.82, 2.24) is 9.37 Å². The first kappa shape index (κ1) is 20.1. The normalized spacial score (nSPS) is 15.0. The van der Waals surface area contributed by atoms with Gasteiger partial charge in [-0.05, 0) is 37.1 Å². The molecule has 2 rings (SSSR count). The molecule has 1 saturated heterocycles. The molecule has 1 aliphatic heterocycles. The summed E-state index contributed by atoms with van der Waals surface area (Å²) in [4.78, 5) is 39.9. The third kappa shape index (κ3) is 4.28. The van der Waals surface area contributed by atoms with Crippen LogP contribution in [0.3, 0.4) is 0 Å². The van der Waals surface area contributed by atoms with Crippen LogP contribution in [0.4, 0.5) is 0 Å². The Kier molecular flexibility index (Phi) is 6.49. The van der Waals surface area contributed by atoms with Crippen LogP contribution in [0.5, 0.6) is 0 Å². The number of nitrogens with zero attached hydrogens (tertiary/aromatic N) is 2. The average molecular weight is 382 g/mol. The quantitative estimate of drug-likeness (QED) is 0.635. The molecular formula is C17H22N2O6S. The van der Waals surface area contributed by atoms with Crippen LogP contribution in [0.2, 0.25) is 0 Å². The van der Waals surface area contributed by atoms with Crippen LogP contribution >= 0.6 is 0 Å². The lowest BCUT2D eigenvalue weighted by molar-refractivity contribution is -0.172. The van der Waals surface area contributed by atoms with Gasteiger partial charge in [0, 0.05) is 25.9 Å². The largest absolute Gasteiger partial charge is 0.363 e. The molecule has 142 valence electrons. The van der Waals surface area contributed by atoms with Gasteiger partial charge in [-0.2, -0.15) is 4.31 Å². The van der Waals surface area contributed by atoms with Crippen molar-refractivity contribution in [2.45, 2.75) is 44.4 Å². The Morgan fingerprint density at radius 2 is 1.54 bits per heavy atom. The van der Waals surface area contributed by atoms with E-state index < -0.39 is 27.8 Å². The molecule has 1 aliphatic rings. The summed E-state index contributed by atoms with van der Waals surface area (Å²) >= 11 is 0. The molecule has 0 N–H and O–H groups in total. The van der Waals surface area contributed by atoms with E-state index in [0.717, 1.165) is 0 Å². The molecular weight excluding hydrogens is 360 g/mol. The van der Waals surface area contributed by atoms with Gasteiger partial charge in [-0.15, -0.1) is 5.06 Å². The van der Waals surface area contributed by atoms with Gasteiger partial charge in [-0.1, -0.05) is 13.8 Å². The predicted molar refractivity (Wildman–Crippen MR) is 92.3 cm³/mol. The van der Waals surface area contributed by atoms with Gasteiger partial charge in [0.15, 0.2) is 0 Å². The van der Waals surface area contributed by atoms with E-state index >= 15 is 0 Å². The summed E-state index contributed by atoms with van der Waals surface area (Å²) in [6.45, 7) is 4.63. The van der Waals surface area contributed by atoms with Crippen LogP contribution < -0.4 is 0 Å². The van der Waals surface area contributed by atoms with E-state index in [1.165, 1.54) is 28.6 Å². The van der Waals surface area contributed by atoms with Gasteiger partial charge >= 0.3 is 5.97 Å². The number of hydrogen-bond acceptors (Lipinski definition) is 6. The van der Waals surface area contributed by atoms with E-state index in [2.05, 4.69) is 0 Å². The average Bonchev–Trinajstić information content (AvgIpc) is 2.93. The smallest absolute Gasteiger partial charge is 0.325 e. The second-order valence-corrected chi connectivity index (χ2v) is 7.83. The van der Waals surface area contributed by atoms with Crippen LogP contribution in [0.25, 0.3) is 0 Å². The zero-order chi connectivity index (χ0) is 19.3. The zero-order valence-electron chi connectivity index (χ0n) is 14.8. The van der Waals surface area contributed by atoms with E-state index in [0.29, 0.717) is 31.0 Å². The van der Waals surface area contributed by atoms with E-state index in [9.17, 15) is 22.8 Å². The number of rotatable bonds is 8. The first-order valence-corrected chi connectivity index (χ1v) is 9.93. The summed E-state index contributed by atoms with van der Waals surface area (Å²) in [6.07, 6.45) is 1.41. The predicted octanol–water partition coefficient (Wildman–Crippen LogP) is 1.72. The third-order valence-electron chi connectivity index (χ3n) is 3.85. The van der Waals surface area contributed by atoms with Gasteiger partial charge in [-0.3, -0.25) is 9.59 Å². The fourth-order valence-electron chi connectivity index (χ4n) is 2.56. The fourth-order valence-corrected chi connectivity index (χ4v) is 4.18. The number of sulfonamides is 1. The van der Waals surface area contributed by atoms with Crippen molar-refractivity contribution in [1.29, 1.82) is 0 Å². The Labute approximate surface area is 152 Å². The van der Waals surface area contributed by atoms with E-state index in [1.54, 1.807) is 0 Å². The highest BCUT2D eigenvalue weighted by molar-refractivity contribution is 7.89. The summed E-state index contributed by atoms with van der Waals surface area (Å²) in [5.74, 6) is -2.04. The molecule has 1 heterocycles. The molecule has 0 saturated carbocycles. The maximum Gasteiger partial charge on any atom is 0.363 e. The van der Waals surface area contributed by atoms with Gasteiger partial charge in [0.1, 0.15) is 0 Å². The lowest BCUT2D eigenvalue weighted by Crippen LogP contribution is -2.33. The number of carbonyl (C=O) groups excluding carboxylic acids is 3. The molecule has 26 heavy (non-hydrogen) atoms. The maximum atomic E-state index is 12.7. The molecule has 9 heteroatoms. The number of amides is 2. The monoisotopic (exact) mass is 382 g/mol. The Bertz CT molecular complexity index is 766. The molecule has 0 radical (unpaired) electrons. The van der Waals surface area contributed by atoms with Gasteiger partial charge in [0.05, 0.1) is 10.5 Å².